The molecule has 0 unspecified atom stereocenters. The van der Waals surface area contributed by atoms with Crippen LogP contribution in [0.4, 0.5) is 0 Å². The average Bonchev–Trinajstić information content (AvgIpc) is 3.71. The first-order valence-electron chi connectivity index (χ1n) is 10.9. The minimum Gasteiger partial charge on any atom is -0.152 e. The van der Waals surface area contributed by atoms with Crippen LogP contribution in [0.3, 0.4) is 0 Å². The van der Waals surface area contributed by atoms with E-state index in [1.54, 1.807) is 22.7 Å². The molecule has 0 saturated carbocycles. The van der Waals surface area contributed by atoms with E-state index in [0.717, 1.165) is 0 Å². The van der Waals surface area contributed by atoms with Crippen molar-refractivity contribution in [3.05, 3.63) is 94.3 Å². The van der Waals surface area contributed by atoms with E-state index in [-0.39, 0.29) is 0 Å². The fourth-order valence-corrected chi connectivity index (χ4v) is 10.7. The van der Waals surface area contributed by atoms with Gasteiger partial charge in [-0.15, -0.1) is 56.7 Å². The molecule has 7 aromatic rings. The van der Waals surface area contributed by atoms with Gasteiger partial charge in [0.1, 0.15) is 0 Å². The molecule has 0 aliphatic carbocycles. The van der Waals surface area contributed by atoms with Gasteiger partial charge in [-0.3, -0.25) is 0 Å². The van der Waals surface area contributed by atoms with Crippen LogP contribution in [0.1, 0.15) is 0 Å². The van der Waals surface area contributed by atoms with Gasteiger partial charge in [0.15, 0.2) is 0 Å². The third-order valence-electron chi connectivity index (χ3n) is 5.61. The summed E-state index contributed by atoms with van der Waals surface area (Å²) in [4.78, 5) is 13.5. The smallest absolute Gasteiger partial charge is 0.0449 e. The molecule has 7 heterocycles. The Morgan fingerprint density at radius 1 is 0.286 bits per heavy atom. The first-order chi connectivity index (χ1) is 17.3. The third kappa shape index (κ3) is 4.36. The van der Waals surface area contributed by atoms with Crippen LogP contribution in [0.15, 0.2) is 94.3 Å². The summed E-state index contributed by atoms with van der Waals surface area (Å²) in [5.74, 6) is 0. The number of rotatable bonds is 6. The Kier molecular flexibility index (Phi) is 5.95. The van der Waals surface area contributed by atoms with E-state index < -0.39 is 0 Å². The zero-order valence-corrected chi connectivity index (χ0v) is 23.8. The summed E-state index contributed by atoms with van der Waals surface area (Å²) in [6.45, 7) is 0. The quantitative estimate of drug-likeness (QED) is 0.185. The molecule has 0 atom stereocenters. The molecule has 7 rings (SSSR count). The zero-order chi connectivity index (χ0) is 23.2. The second kappa shape index (κ2) is 9.41. The molecule has 35 heavy (non-hydrogen) atoms. The minimum absolute atomic E-state index is 1.33. The lowest BCUT2D eigenvalue weighted by atomic mass is 10.3. The Balaban J connectivity index is 1.11. The van der Waals surface area contributed by atoms with E-state index in [2.05, 4.69) is 94.3 Å². The van der Waals surface area contributed by atoms with Crippen LogP contribution in [0.25, 0.3) is 59.9 Å². The van der Waals surface area contributed by atoms with Crippen molar-refractivity contribution < 1.29 is 0 Å². The number of hydrogen-bond acceptors (Lipinski definition) is 7. The lowest BCUT2D eigenvalue weighted by Gasteiger charge is -1.93. The molecule has 0 amide bonds. The van der Waals surface area contributed by atoms with Gasteiger partial charge in [0, 0.05) is 59.9 Å². The van der Waals surface area contributed by atoms with Crippen LogP contribution in [0.2, 0.25) is 0 Å². The van der Waals surface area contributed by atoms with E-state index in [1.165, 1.54) is 59.9 Å². The summed E-state index contributed by atoms with van der Waals surface area (Å²) in [5, 5.41) is 8.73. The first-order valence-corrected chi connectivity index (χ1v) is 16.8. The molecular formula is C28H16S7. The fourth-order valence-electron chi connectivity index (χ4n) is 3.87. The monoisotopic (exact) mass is 576 g/mol. The molecule has 0 aromatic carbocycles. The van der Waals surface area contributed by atoms with Gasteiger partial charge < -0.3 is 0 Å². The predicted octanol–water partition coefficient (Wildman–Crippen LogP) is 12.1. The predicted molar refractivity (Wildman–Crippen MR) is 164 cm³/mol. The first kappa shape index (κ1) is 22.1. The lowest BCUT2D eigenvalue weighted by Crippen LogP contribution is -1.59. The van der Waals surface area contributed by atoms with Crippen LogP contribution in [-0.4, -0.2) is 0 Å². The van der Waals surface area contributed by atoms with Gasteiger partial charge in [0.25, 0.3) is 0 Å². The summed E-state index contributed by atoms with van der Waals surface area (Å²) in [5.41, 5.74) is 2.65. The highest BCUT2D eigenvalue weighted by Gasteiger charge is 2.13. The molecule has 7 heteroatoms. The van der Waals surface area contributed by atoms with E-state index in [4.69, 9.17) is 0 Å². The van der Waals surface area contributed by atoms with Crippen molar-refractivity contribution in [1.82, 2.24) is 0 Å². The summed E-state index contributed by atoms with van der Waals surface area (Å²) >= 11 is 12.9. The van der Waals surface area contributed by atoms with Gasteiger partial charge in [-0.2, -0.15) is 22.7 Å². The Hall–Kier alpha value is -2.10. The molecule has 0 aliphatic rings. The molecule has 0 spiro atoms. The maximum Gasteiger partial charge on any atom is 0.0449 e. The topological polar surface area (TPSA) is 0 Å². The van der Waals surface area contributed by atoms with Crippen LogP contribution >= 0.6 is 79.4 Å². The largest absolute Gasteiger partial charge is 0.152 e. The standard InChI is InChI=1S/C28H16S7/c1-3-21(31-19(1)17-11-13-29-15-17)23-5-7-25(33-23)27-9-10-28(35-27)26-8-6-24(34-26)22-4-2-20(32-22)18-12-14-30-16-18/h1-16H. The molecule has 0 saturated heterocycles. The van der Waals surface area contributed by atoms with Crippen molar-refractivity contribution in [3.8, 4) is 59.9 Å². The summed E-state index contributed by atoms with van der Waals surface area (Å²) in [6.07, 6.45) is 0. The van der Waals surface area contributed by atoms with E-state index >= 15 is 0 Å². The van der Waals surface area contributed by atoms with Crippen LogP contribution < -0.4 is 0 Å². The Morgan fingerprint density at radius 2 is 0.543 bits per heavy atom. The summed E-state index contributed by atoms with van der Waals surface area (Å²) in [6, 6.07) is 27.1. The number of thiophene rings is 7. The second-order valence-corrected chi connectivity index (χ2v) is 14.8. The number of hydrogen-bond donors (Lipinski definition) is 0. The molecule has 7 aromatic heterocycles. The SMILES string of the molecule is c1cc(-c2ccc(-c3ccc(-c4ccc(-c5ccc(-c6ccc(-c7ccsc7)s6)s5)s4)s3)s2)cs1. The van der Waals surface area contributed by atoms with Crippen LogP contribution in [0.5, 0.6) is 0 Å². The van der Waals surface area contributed by atoms with E-state index in [9.17, 15) is 0 Å². The molecule has 0 N–H and O–H groups in total. The Bertz CT molecular complexity index is 1570. The van der Waals surface area contributed by atoms with Crippen molar-refractivity contribution in [2.24, 2.45) is 0 Å². The highest BCUT2D eigenvalue weighted by atomic mass is 32.1. The highest BCUT2D eigenvalue weighted by molar-refractivity contribution is 7.30. The molecule has 170 valence electrons. The average molecular weight is 577 g/mol. The zero-order valence-electron chi connectivity index (χ0n) is 18.1. The van der Waals surface area contributed by atoms with Gasteiger partial charge in [-0.1, -0.05) is 0 Å². The van der Waals surface area contributed by atoms with Crippen molar-refractivity contribution in [1.29, 1.82) is 0 Å². The van der Waals surface area contributed by atoms with Gasteiger partial charge >= 0.3 is 0 Å². The van der Waals surface area contributed by atoms with Crippen LogP contribution in [0, 0.1) is 0 Å². The van der Waals surface area contributed by atoms with Crippen LogP contribution in [-0.2, 0) is 0 Å². The minimum atomic E-state index is 1.33. The summed E-state index contributed by atoms with van der Waals surface area (Å²) in [7, 11) is 0. The highest BCUT2D eigenvalue weighted by Crippen LogP contribution is 2.46. The summed E-state index contributed by atoms with van der Waals surface area (Å²) < 4.78 is 0. The van der Waals surface area contributed by atoms with Crippen molar-refractivity contribution in [2.75, 3.05) is 0 Å². The fraction of sp³-hybridized carbons (Fsp3) is 0. The van der Waals surface area contributed by atoms with Crippen molar-refractivity contribution in [2.45, 2.75) is 0 Å². The molecule has 0 radical (unpaired) electrons. The van der Waals surface area contributed by atoms with Gasteiger partial charge in [-0.25, -0.2) is 0 Å². The third-order valence-corrected chi connectivity index (χ3v) is 13.3. The molecular weight excluding hydrogens is 561 g/mol. The van der Waals surface area contributed by atoms with E-state index in [1.807, 2.05) is 56.7 Å². The van der Waals surface area contributed by atoms with E-state index in [0.29, 0.717) is 0 Å². The maximum absolute atomic E-state index is 2.28. The van der Waals surface area contributed by atoms with Gasteiger partial charge in [0.05, 0.1) is 0 Å². The van der Waals surface area contributed by atoms with Gasteiger partial charge in [0.2, 0.25) is 0 Å². The molecule has 0 bridgehead atoms. The Labute approximate surface area is 231 Å². The second-order valence-electron chi connectivity index (χ2n) is 7.84. The Morgan fingerprint density at radius 3 is 0.800 bits per heavy atom. The lowest BCUT2D eigenvalue weighted by molar-refractivity contribution is 1.87. The maximum atomic E-state index is 2.28. The molecule has 0 fully saturated rings. The van der Waals surface area contributed by atoms with Gasteiger partial charge in [-0.05, 0) is 94.3 Å². The molecule has 0 aliphatic heterocycles. The molecule has 0 nitrogen and oxygen atoms in total. The van der Waals surface area contributed by atoms with Crippen molar-refractivity contribution in [3.63, 3.8) is 0 Å². The van der Waals surface area contributed by atoms with Crippen molar-refractivity contribution >= 4 is 79.4 Å². The normalized spacial score (nSPS) is 11.4.